The number of nitrogens with one attached hydrogen (secondary N) is 2. The molecule has 0 saturated heterocycles. The Labute approximate surface area is 147 Å². The molecule has 2 rings (SSSR count). The van der Waals surface area contributed by atoms with Gasteiger partial charge in [0.05, 0.1) is 18.7 Å². The van der Waals surface area contributed by atoms with E-state index in [0.29, 0.717) is 17.1 Å². The van der Waals surface area contributed by atoms with E-state index in [1.54, 1.807) is 25.1 Å². The second kappa shape index (κ2) is 8.30. The zero-order chi connectivity index (χ0) is 18.4. The Bertz CT molecular complexity index is 747. The molecule has 2 amide bonds. The molecule has 132 valence electrons. The molecule has 2 atom stereocenters. The van der Waals surface area contributed by atoms with Crippen molar-refractivity contribution in [2.75, 3.05) is 17.7 Å². The Morgan fingerprint density at radius 3 is 2.36 bits per heavy atom. The van der Waals surface area contributed by atoms with Gasteiger partial charge in [-0.1, -0.05) is 37.3 Å². The summed E-state index contributed by atoms with van der Waals surface area (Å²) < 4.78 is 5.27. The summed E-state index contributed by atoms with van der Waals surface area (Å²) in [6.07, 6.45) is 0. The molecular weight excluding hydrogens is 318 g/mol. The van der Waals surface area contributed by atoms with Crippen LogP contribution in [0.25, 0.3) is 0 Å². The first-order valence-corrected chi connectivity index (χ1v) is 7.99. The van der Waals surface area contributed by atoms with E-state index in [9.17, 15) is 9.59 Å². The minimum absolute atomic E-state index is 0.193. The van der Waals surface area contributed by atoms with Gasteiger partial charge in [0.15, 0.2) is 0 Å². The van der Waals surface area contributed by atoms with Crippen molar-refractivity contribution >= 4 is 23.2 Å². The van der Waals surface area contributed by atoms with Crippen molar-refractivity contribution in [3.05, 3.63) is 54.1 Å². The lowest BCUT2D eigenvalue weighted by Gasteiger charge is -2.21. The predicted molar refractivity (Wildman–Crippen MR) is 98.5 cm³/mol. The van der Waals surface area contributed by atoms with E-state index in [-0.39, 0.29) is 11.8 Å². The number of ether oxygens (including phenoxy) is 1. The highest BCUT2D eigenvalue weighted by Crippen LogP contribution is 2.29. The molecular formula is C19H23N3O3. The standard InChI is InChI=1S/C19H23N3O3/c1-12(18(20)14-7-5-4-6-8-14)19(24)22-16-11-15(21-13(2)23)9-10-17(16)25-3/h4-12,18H,20H2,1-3H3,(H,21,23)(H,22,24). The van der Waals surface area contributed by atoms with Crippen molar-refractivity contribution in [3.63, 3.8) is 0 Å². The summed E-state index contributed by atoms with van der Waals surface area (Å²) in [6.45, 7) is 3.20. The molecule has 0 aromatic heterocycles. The fourth-order valence-corrected chi connectivity index (χ4v) is 2.46. The van der Waals surface area contributed by atoms with Crippen molar-refractivity contribution in [3.8, 4) is 5.75 Å². The van der Waals surface area contributed by atoms with E-state index in [4.69, 9.17) is 10.5 Å². The van der Waals surface area contributed by atoms with E-state index in [0.717, 1.165) is 5.56 Å². The first kappa shape index (κ1) is 18.5. The first-order valence-electron chi connectivity index (χ1n) is 7.99. The van der Waals surface area contributed by atoms with E-state index < -0.39 is 12.0 Å². The minimum Gasteiger partial charge on any atom is -0.495 e. The monoisotopic (exact) mass is 341 g/mol. The van der Waals surface area contributed by atoms with Crippen LogP contribution >= 0.6 is 0 Å². The zero-order valence-corrected chi connectivity index (χ0v) is 14.6. The number of amides is 2. The lowest BCUT2D eigenvalue weighted by Crippen LogP contribution is -2.30. The quantitative estimate of drug-likeness (QED) is 0.753. The average molecular weight is 341 g/mol. The molecule has 0 spiro atoms. The van der Waals surface area contributed by atoms with Crippen molar-refractivity contribution in [2.45, 2.75) is 19.9 Å². The summed E-state index contributed by atoms with van der Waals surface area (Å²) in [5, 5.41) is 5.51. The normalized spacial score (nSPS) is 12.8. The highest BCUT2D eigenvalue weighted by molar-refractivity contribution is 5.96. The molecule has 6 nitrogen and oxygen atoms in total. The van der Waals surface area contributed by atoms with Crippen LogP contribution in [0.1, 0.15) is 25.5 Å². The average Bonchev–Trinajstić information content (AvgIpc) is 2.61. The summed E-state index contributed by atoms with van der Waals surface area (Å²) in [5.41, 5.74) is 8.15. The number of anilines is 2. The number of hydrogen-bond acceptors (Lipinski definition) is 4. The van der Waals surface area contributed by atoms with Gasteiger partial charge in [-0.15, -0.1) is 0 Å². The van der Waals surface area contributed by atoms with E-state index in [1.807, 2.05) is 30.3 Å². The lowest BCUT2D eigenvalue weighted by atomic mass is 9.94. The molecule has 2 unspecified atom stereocenters. The first-order chi connectivity index (χ1) is 11.9. The Morgan fingerprint density at radius 1 is 1.08 bits per heavy atom. The van der Waals surface area contributed by atoms with Crippen molar-refractivity contribution in [2.24, 2.45) is 11.7 Å². The van der Waals surface area contributed by atoms with Crippen molar-refractivity contribution in [1.29, 1.82) is 0 Å². The SMILES string of the molecule is COc1ccc(NC(C)=O)cc1NC(=O)C(C)C(N)c1ccccc1. The van der Waals surface area contributed by atoms with Crippen LogP contribution in [0, 0.1) is 5.92 Å². The topological polar surface area (TPSA) is 93.5 Å². The molecule has 0 saturated carbocycles. The third-order valence-electron chi connectivity index (χ3n) is 3.91. The third kappa shape index (κ3) is 4.81. The van der Waals surface area contributed by atoms with E-state index in [2.05, 4.69) is 10.6 Å². The van der Waals surface area contributed by atoms with E-state index in [1.165, 1.54) is 14.0 Å². The van der Waals surface area contributed by atoms with Gasteiger partial charge in [0.1, 0.15) is 5.75 Å². The van der Waals surface area contributed by atoms with Gasteiger partial charge in [0, 0.05) is 18.7 Å². The summed E-state index contributed by atoms with van der Waals surface area (Å²) in [7, 11) is 1.52. The molecule has 2 aromatic rings. The number of carbonyl (C=O) groups excluding carboxylic acids is 2. The number of carbonyl (C=O) groups is 2. The number of hydrogen-bond donors (Lipinski definition) is 3. The van der Waals surface area contributed by atoms with Gasteiger partial charge in [0.2, 0.25) is 11.8 Å². The number of methoxy groups -OCH3 is 1. The van der Waals surface area contributed by atoms with Gasteiger partial charge in [0.25, 0.3) is 0 Å². The van der Waals surface area contributed by atoms with Crippen LogP contribution in [0.3, 0.4) is 0 Å². The Morgan fingerprint density at radius 2 is 1.76 bits per heavy atom. The Hall–Kier alpha value is -2.86. The molecule has 0 aliphatic heterocycles. The maximum absolute atomic E-state index is 12.6. The van der Waals surface area contributed by atoms with Crippen molar-refractivity contribution < 1.29 is 14.3 Å². The highest BCUT2D eigenvalue weighted by atomic mass is 16.5. The summed E-state index contributed by atoms with van der Waals surface area (Å²) in [5.74, 6) is -0.365. The summed E-state index contributed by atoms with van der Waals surface area (Å²) in [4.78, 5) is 23.8. The molecule has 0 radical (unpaired) electrons. The third-order valence-corrected chi connectivity index (χ3v) is 3.91. The fourth-order valence-electron chi connectivity index (χ4n) is 2.46. The van der Waals surface area contributed by atoms with Gasteiger partial charge < -0.3 is 21.1 Å². The van der Waals surface area contributed by atoms with Gasteiger partial charge in [-0.25, -0.2) is 0 Å². The second-order valence-corrected chi connectivity index (χ2v) is 5.81. The molecule has 0 aliphatic carbocycles. The molecule has 0 heterocycles. The molecule has 0 aliphatic rings. The molecule has 2 aromatic carbocycles. The molecule has 25 heavy (non-hydrogen) atoms. The maximum Gasteiger partial charge on any atom is 0.229 e. The number of rotatable bonds is 6. The van der Waals surface area contributed by atoms with Crippen LogP contribution < -0.4 is 21.1 Å². The van der Waals surface area contributed by atoms with Gasteiger partial charge in [-0.3, -0.25) is 9.59 Å². The van der Waals surface area contributed by atoms with Gasteiger partial charge in [-0.05, 0) is 23.8 Å². The van der Waals surface area contributed by atoms with Crippen LogP contribution in [0.5, 0.6) is 5.75 Å². The molecule has 6 heteroatoms. The minimum atomic E-state index is -0.448. The predicted octanol–water partition coefficient (Wildman–Crippen LogP) is 2.93. The molecule has 0 bridgehead atoms. The van der Waals surface area contributed by atoms with Crippen molar-refractivity contribution in [1.82, 2.24) is 0 Å². The zero-order valence-electron chi connectivity index (χ0n) is 14.6. The fraction of sp³-hybridized carbons (Fsp3) is 0.263. The second-order valence-electron chi connectivity index (χ2n) is 5.81. The highest BCUT2D eigenvalue weighted by Gasteiger charge is 2.23. The summed E-state index contributed by atoms with van der Waals surface area (Å²) in [6, 6.07) is 14.1. The largest absolute Gasteiger partial charge is 0.495 e. The van der Waals surface area contributed by atoms with Crippen LogP contribution in [0.2, 0.25) is 0 Å². The Balaban J connectivity index is 2.17. The smallest absolute Gasteiger partial charge is 0.229 e. The van der Waals surface area contributed by atoms with Crippen LogP contribution in [-0.2, 0) is 9.59 Å². The molecule has 4 N–H and O–H groups in total. The van der Waals surface area contributed by atoms with Gasteiger partial charge >= 0.3 is 0 Å². The number of benzene rings is 2. The Kier molecular flexibility index (Phi) is 6.14. The van der Waals surface area contributed by atoms with Gasteiger partial charge in [-0.2, -0.15) is 0 Å². The molecule has 0 fully saturated rings. The number of nitrogens with two attached hydrogens (primary N) is 1. The van der Waals surface area contributed by atoms with Crippen LogP contribution in [0.4, 0.5) is 11.4 Å². The maximum atomic E-state index is 12.6. The summed E-state index contributed by atoms with van der Waals surface area (Å²) >= 11 is 0. The lowest BCUT2D eigenvalue weighted by molar-refractivity contribution is -0.120. The van der Waals surface area contributed by atoms with Crippen LogP contribution in [-0.4, -0.2) is 18.9 Å². The van der Waals surface area contributed by atoms with Crippen LogP contribution in [0.15, 0.2) is 48.5 Å². The van der Waals surface area contributed by atoms with E-state index >= 15 is 0 Å².